The lowest BCUT2D eigenvalue weighted by Gasteiger charge is -2.11. The van der Waals surface area contributed by atoms with Crippen LogP contribution >= 0.6 is 24.0 Å². The smallest absolute Gasteiger partial charge is 0.242 e. The van der Waals surface area contributed by atoms with Gasteiger partial charge in [-0.25, -0.2) is 4.99 Å². The zero-order chi connectivity index (χ0) is 14.1. The first-order valence-electron chi connectivity index (χ1n) is 7.43. The maximum atomic E-state index is 11.5. The third-order valence-electron chi connectivity index (χ3n) is 2.92. The van der Waals surface area contributed by atoms with Crippen LogP contribution in [0.15, 0.2) is 4.99 Å². The van der Waals surface area contributed by atoms with Crippen LogP contribution in [0.1, 0.15) is 46.5 Å². The Morgan fingerprint density at radius 1 is 1.30 bits per heavy atom. The standard InChI is InChI=1S/C14H28N4O.HI/c1-4-15-14(16-9-5-6-11(2)3)17-10-13(19)18-12-7-8-12;/h11-12H,4-10H2,1-3H3,(H,18,19)(H2,15,16,17);1H. The number of amides is 1. The Bertz CT molecular complexity index is 304. The number of nitrogens with one attached hydrogen (secondary N) is 3. The molecule has 0 unspecified atom stereocenters. The quantitative estimate of drug-likeness (QED) is 0.254. The van der Waals surface area contributed by atoms with Crippen molar-refractivity contribution >= 4 is 35.8 Å². The molecule has 1 aliphatic carbocycles. The van der Waals surface area contributed by atoms with Crippen molar-refractivity contribution in [3.8, 4) is 0 Å². The van der Waals surface area contributed by atoms with E-state index in [0.717, 1.165) is 44.2 Å². The lowest BCUT2D eigenvalue weighted by molar-refractivity contribution is -0.119. The molecule has 0 aromatic carbocycles. The van der Waals surface area contributed by atoms with Crippen LogP contribution in [-0.4, -0.2) is 37.5 Å². The van der Waals surface area contributed by atoms with Crippen LogP contribution < -0.4 is 16.0 Å². The second-order valence-corrected chi connectivity index (χ2v) is 5.50. The van der Waals surface area contributed by atoms with Gasteiger partial charge in [0.15, 0.2) is 5.96 Å². The van der Waals surface area contributed by atoms with Crippen LogP contribution in [0.3, 0.4) is 0 Å². The Hall–Kier alpha value is -0.530. The normalized spacial score (nSPS) is 14.7. The van der Waals surface area contributed by atoms with Gasteiger partial charge in [-0.2, -0.15) is 0 Å². The summed E-state index contributed by atoms with van der Waals surface area (Å²) in [6.45, 7) is 8.38. The zero-order valence-corrected chi connectivity index (χ0v) is 15.2. The van der Waals surface area contributed by atoms with Crippen LogP contribution in [-0.2, 0) is 4.79 Å². The van der Waals surface area contributed by atoms with Gasteiger partial charge in [-0.1, -0.05) is 13.8 Å². The van der Waals surface area contributed by atoms with Crippen molar-refractivity contribution in [3.63, 3.8) is 0 Å². The number of carbonyl (C=O) groups is 1. The highest BCUT2D eigenvalue weighted by atomic mass is 127. The number of carbonyl (C=O) groups excluding carboxylic acids is 1. The molecule has 0 saturated heterocycles. The molecule has 1 rings (SSSR count). The van der Waals surface area contributed by atoms with Crippen LogP contribution in [0.25, 0.3) is 0 Å². The van der Waals surface area contributed by atoms with Gasteiger partial charge >= 0.3 is 0 Å². The minimum Gasteiger partial charge on any atom is -0.357 e. The molecule has 0 aromatic heterocycles. The summed E-state index contributed by atoms with van der Waals surface area (Å²) in [4.78, 5) is 15.8. The van der Waals surface area contributed by atoms with E-state index in [0.29, 0.717) is 6.04 Å². The molecular formula is C14H29IN4O. The monoisotopic (exact) mass is 396 g/mol. The van der Waals surface area contributed by atoms with Gasteiger partial charge in [0.1, 0.15) is 6.54 Å². The fourth-order valence-corrected chi connectivity index (χ4v) is 1.71. The Kier molecular flexibility index (Phi) is 10.9. The number of nitrogens with zero attached hydrogens (tertiary/aromatic N) is 1. The fourth-order valence-electron chi connectivity index (χ4n) is 1.71. The van der Waals surface area contributed by atoms with E-state index < -0.39 is 0 Å². The van der Waals surface area contributed by atoms with E-state index in [1.165, 1.54) is 6.42 Å². The molecule has 0 radical (unpaired) electrons. The lowest BCUT2D eigenvalue weighted by atomic mass is 10.1. The van der Waals surface area contributed by atoms with Gasteiger partial charge in [-0.3, -0.25) is 4.79 Å². The van der Waals surface area contributed by atoms with Crippen molar-refractivity contribution in [1.29, 1.82) is 0 Å². The average Bonchev–Trinajstić information content (AvgIpc) is 3.15. The van der Waals surface area contributed by atoms with E-state index in [2.05, 4.69) is 34.8 Å². The molecule has 0 heterocycles. The van der Waals surface area contributed by atoms with Crippen molar-refractivity contribution < 1.29 is 4.79 Å². The largest absolute Gasteiger partial charge is 0.357 e. The molecule has 0 aliphatic heterocycles. The van der Waals surface area contributed by atoms with E-state index in [9.17, 15) is 4.79 Å². The molecule has 5 nitrogen and oxygen atoms in total. The van der Waals surface area contributed by atoms with E-state index in [-0.39, 0.29) is 36.4 Å². The minimum atomic E-state index is 0. The van der Waals surface area contributed by atoms with Gasteiger partial charge < -0.3 is 16.0 Å². The molecule has 1 saturated carbocycles. The van der Waals surface area contributed by atoms with Gasteiger partial charge in [0, 0.05) is 19.1 Å². The molecule has 1 fully saturated rings. The Balaban J connectivity index is 0.00000361. The summed E-state index contributed by atoms with van der Waals surface area (Å²) in [6.07, 6.45) is 4.55. The van der Waals surface area contributed by atoms with Gasteiger partial charge in [0.25, 0.3) is 0 Å². The van der Waals surface area contributed by atoms with Crippen molar-refractivity contribution in [2.24, 2.45) is 10.9 Å². The maximum Gasteiger partial charge on any atom is 0.242 e. The minimum absolute atomic E-state index is 0. The molecule has 3 N–H and O–H groups in total. The first kappa shape index (κ1) is 19.5. The summed E-state index contributed by atoms with van der Waals surface area (Å²) in [6, 6.07) is 0.407. The summed E-state index contributed by atoms with van der Waals surface area (Å²) in [5.41, 5.74) is 0. The van der Waals surface area contributed by atoms with Gasteiger partial charge in [0.2, 0.25) is 5.91 Å². The van der Waals surface area contributed by atoms with Gasteiger partial charge in [-0.15, -0.1) is 24.0 Å². The molecule has 6 heteroatoms. The second kappa shape index (κ2) is 11.2. The highest BCUT2D eigenvalue weighted by Gasteiger charge is 2.22. The number of hydrogen-bond acceptors (Lipinski definition) is 2. The van der Waals surface area contributed by atoms with Crippen LogP contribution in [0.2, 0.25) is 0 Å². The molecule has 0 spiro atoms. The predicted octanol–water partition coefficient (Wildman–Crippen LogP) is 1.87. The van der Waals surface area contributed by atoms with Gasteiger partial charge in [0.05, 0.1) is 0 Å². The number of halogens is 1. The molecule has 118 valence electrons. The third kappa shape index (κ3) is 10.3. The Morgan fingerprint density at radius 2 is 2.00 bits per heavy atom. The van der Waals surface area contributed by atoms with Crippen molar-refractivity contribution in [2.45, 2.75) is 52.5 Å². The Morgan fingerprint density at radius 3 is 2.55 bits per heavy atom. The van der Waals surface area contributed by atoms with E-state index in [4.69, 9.17) is 0 Å². The van der Waals surface area contributed by atoms with Crippen molar-refractivity contribution in [1.82, 2.24) is 16.0 Å². The summed E-state index contributed by atoms with van der Waals surface area (Å²) in [5.74, 6) is 1.48. The Labute approximate surface area is 139 Å². The predicted molar refractivity (Wildman–Crippen MR) is 94.6 cm³/mol. The zero-order valence-electron chi connectivity index (χ0n) is 12.9. The molecule has 20 heavy (non-hydrogen) atoms. The van der Waals surface area contributed by atoms with E-state index in [1.807, 2.05) is 6.92 Å². The SMILES string of the molecule is CCNC(=NCC(=O)NC1CC1)NCCCC(C)C.I. The van der Waals surface area contributed by atoms with E-state index in [1.54, 1.807) is 0 Å². The maximum absolute atomic E-state index is 11.5. The van der Waals surface area contributed by atoms with Gasteiger partial charge in [-0.05, 0) is 38.5 Å². The molecule has 1 amide bonds. The number of aliphatic imine (C=N–C) groups is 1. The van der Waals surface area contributed by atoms with Crippen molar-refractivity contribution in [3.05, 3.63) is 0 Å². The summed E-state index contributed by atoms with van der Waals surface area (Å²) in [7, 11) is 0. The number of hydrogen-bond donors (Lipinski definition) is 3. The number of guanidine groups is 1. The van der Waals surface area contributed by atoms with Crippen LogP contribution in [0.5, 0.6) is 0 Å². The molecule has 0 atom stereocenters. The molecular weight excluding hydrogens is 367 g/mol. The third-order valence-corrected chi connectivity index (χ3v) is 2.92. The lowest BCUT2D eigenvalue weighted by Crippen LogP contribution is -2.39. The van der Waals surface area contributed by atoms with E-state index >= 15 is 0 Å². The van der Waals surface area contributed by atoms with Crippen molar-refractivity contribution in [2.75, 3.05) is 19.6 Å². The molecule has 1 aliphatic rings. The summed E-state index contributed by atoms with van der Waals surface area (Å²) in [5, 5.41) is 9.35. The second-order valence-electron chi connectivity index (χ2n) is 5.50. The number of rotatable bonds is 8. The highest BCUT2D eigenvalue weighted by Crippen LogP contribution is 2.18. The first-order chi connectivity index (χ1) is 9.11. The molecule has 0 bridgehead atoms. The topological polar surface area (TPSA) is 65.5 Å². The first-order valence-corrected chi connectivity index (χ1v) is 7.43. The molecule has 0 aromatic rings. The highest BCUT2D eigenvalue weighted by molar-refractivity contribution is 14.0. The van der Waals surface area contributed by atoms with Crippen LogP contribution in [0, 0.1) is 5.92 Å². The average molecular weight is 396 g/mol. The fraction of sp³-hybridized carbons (Fsp3) is 0.857. The summed E-state index contributed by atoms with van der Waals surface area (Å²) >= 11 is 0. The van der Waals surface area contributed by atoms with Crippen LogP contribution in [0.4, 0.5) is 0 Å². The summed E-state index contributed by atoms with van der Waals surface area (Å²) < 4.78 is 0.